The van der Waals surface area contributed by atoms with Gasteiger partial charge in [0.1, 0.15) is 0 Å². The molecule has 0 spiro atoms. The van der Waals surface area contributed by atoms with E-state index >= 15 is 0 Å². The first-order valence-electron chi connectivity index (χ1n) is 5.45. The Morgan fingerprint density at radius 1 is 0.556 bits per heavy atom. The molecule has 0 radical (unpaired) electrons. The molecular formula is C9H21N9. The number of anilines is 3. The SMILES string of the molecule is CN(C)Nc1nc(NN(C)C)nc(NN(C)C)n1. The molecular weight excluding hydrogens is 234 g/mol. The number of aromatic nitrogens is 3. The van der Waals surface area contributed by atoms with Crippen LogP contribution in [0.15, 0.2) is 0 Å². The maximum absolute atomic E-state index is 4.23. The number of rotatable bonds is 6. The van der Waals surface area contributed by atoms with Crippen LogP contribution >= 0.6 is 0 Å². The maximum atomic E-state index is 4.23. The van der Waals surface area contributed by atoms with Gasteiger partial charge in [-0.2, -0.15) is 15.0 Å². The molecule has 1 heterocycles. The van der Waals surface area contributed by atoms with Crippen LogP contribution in [-0.4, -0.2) is 72.3 Å². The summed E-state index contributed by atoms with van der Waals surface area (Å²) in [4.78, 5) is 12.7. The number of hydrogen-bond acceptors (Lipinski definition) is 9. The van der Waals surface area contributed by atoms with E-state index in [1.165, 1.54) is 0 Å². The summed E-state index contributed by atoms with van der Waals surface area (Å²) < 4.78 is 0. The molecule has 0 unspecified atom stereocenters. The van der Waals surface area contributed by atoms with Crippen molar-refractivity contribution in [2.45, 2.75) is 0 Å². The van der Waals surface area contributed by atoms with E-state index in [9.17, 15) is 0 Å². The average molecular weight is 255 g/mol. The van der Waals surface area contributed by atoms with Gasteiger partial charge in [-0.1, -0.05) is 0 Å². The third-order valence-corrected chi connectivity index (χ3v) is 1.61. The van der Waals surface area contributed by atoms with Crippen LogP contribution in [0.3, 0.4) is 0 Å². The summed E-state index contributed by atoms with van der Waals surface area (Å²) in [7, 11) is 11.2. The number of nitrogens with zero attached hydrogens (tertiary/aromatic N) is 6. The molecule has 0 fully saturated rings. The Hall–Kier alpha value is -1.71. The monoisotopic (exact) mass is 255 g/mol. The minimum atomic E-state index is 0.462. The Morgan fingerprint density at radius 2 is 0.778 bits per heavy atom. The molecule has 1 rings (SSSR count). The molecule has 0 saturated carbocycles. The van der Waals surface area contributed by atoms with Crippen LogP contribution in [0, 0.1) is 0 Å². The van der Waals surface area contributed by atoms with Crippen LogP contribution in [0.4, 0.5) is 17.8 Å². The van der Waals surface area contributed by atoms with E-state index in [1.807, 2.05) is 42.3 Å². The molecule has 0 aromatic carbocycles. The Bertz CT molecular complexity index is 307. The van der Waals surface area contributed by atoms with Gasteiger partial charge in [-0.3, -0.25) is 16.3 Å². The molecule has 0 aliphatic rings. The molecule has 1 aromatic heterocycles. The summed E-state index contributed by atoms with van der Waals surface area (Å²) in [6, 6.07) is 0. The van der Waals surface area contributed by atoms with Gasteiger partial charge in [0, 0.05) is 42.3 Å². The van der Waals surface area contributed by atoms with Crippen molar-refractivity contribution in [1.29, 1.82) is 0 Å². The second-order valence-electron chi connectivity index (χ2n) is 4.32. The van der Waals surface area contributed by atoms with Crippen LogP contribution in [0.25, 0.3) is 0 Å². The summed E-state index contributed by atoms with van der Waals surface area (Å²) in [5.74, 6) is 1.39. The third kappa shape index (κ3) is 5.08. The number of hydrazine groups is 3. The fraction of sp³-hybridized carbons (Fsp3) is 0.667. The second kappa shape index (κ2) is 6.28. The first-order valence-corrected chi connectivity index (χ1v) is 5.45. The van der Waals surface area contributed by atoms with E-state index in [1.54, 1.807) is 15.0 Å². The van der Waals surface area contributed by atoms with Crippen LogP contribution < -0.4 is 16.3 Å². The molecule has 18 heavy (non-hydrogen) atoms. The molecule has 9 heteroatoms. The standard InChI is InChI=1S/C9H21N9/c1-16(2)13-7-10-8(14-17(3)4)12-9(11-7)15-18(5)6/h1-6H3,(H3,10,11,12,13,14,15). The van der Waals surface area contributed by atoms with Gasteiger partial charge in [0.05, 0.1) is 0 Å². The fourth-order valence-electron chi connectivity index (χ4n) is 1.13. The van der Waals surface area contributed by atoms with Crippen LogP contribution in [0.1, 0.15) is 0 Å². The van der Waals surface area contributed by atoms with Gasteiger partial charge in [0.25, 0.3) is 0 Å². The first kappa shape index (κ1) is 14.4. The van der Waals surface area contributed by atoms with Crippen molar-refractivity contribution >= 4 is 17.8 Å². The largest absolute Gasteiger partial charge is 0.287 e. The quantitative estimate of drug-likeness (QED) is 0.584. The average Bonchev–Trinajstić information content (AvgIpc) is 2.12. The molecule has 0 aliphatic carbocycles. The topological polar surface area (TPSA) is 84.5 Å². The van der Waals surface area contributed by atoms with Gasteiger partial charge >= 0.3 is 0 Å². The van der Waals surface area contributed by atoms with Gasteiger partial charge in [-0.25, -0.2) is 15.0 Å². The van der Waals surface area contributed by atoms with Crippen LogP contribution in [0.2, 0.25) is 0 Å². The predicted molar refractivity (Wildman–Crippen MR) is 71.8 cm³/mol. The number of nitrogens with one attached hydrogen (secondary N) is 3. The minimum Gasteiger partial charge on any atom is -0.287 e. The van der Waals surface area contributed by atoms with Crippen molar-refractivity contribution in [3.8, 4) is 0 Å². The van der Waals surface area contributed by atoms with Crippen molar-refractivity contribution in [3.63, 3.8) is 0 Å². The van der Waals surface area contributed by atoms with E-state index < -0.39 is 0 Å². The molecule has 0 saturated heterocycles. The van der Waals surface area contributed by atoms with Gasteiger partial charge < -0.3 is 0 Å². The summed E-state index contributed by atoms with van der Waals surface area (Å²) in [5.41, 5.74) is 8.96. The molecule has 0 aliphatic heterocycles. The van der Waals surface area contributed by atoms with E-state index in [0.29, 0.717) is 17.8 Å². The van der Waals surface area contributed by atoms with Gasteiger partial charge in [-0.15, -0.1) is 0 Å². The Labute approximate surface area is 107 Å². The zero-order chi connectivity index (χ0) is 13.7. The zero-order valence-electron chi connectivity index (χ0n) is 11.7. The lowest BCUT2D eigenvalue weighted by atomic mass is 10.8. The lowest BCUT2D eigenvalue weighted by Gasteiger charge is -2.17. The van der Waals surface area contributed by atoms with Crippen molar-refractivity contribution in [2.24, 2.45) is 0 Å². The normalized spacial score (nSPS) is 11.2. The van der Waals surface area contributed by atoms with Gasteiger partial charge in [0.15, 0.2) is 0 Å². The van der Waals surface area contributed by atoms with Gasteiger partial charge in [0.2, 0.25) is 17.8 Å². The summed E-state index contributed by atoms with van der Waals surface area (Å²) in [6.07, 6.45) is 0. The minimum absolute atomic E-state index is 0.462. The molecule has 9 nitrogen and oxygen atoms in total. The smallest absolute Gasteiger partial charge is 0.244 e. The Balaban J connectivity index is 2.95. The Morgan fingerprint density at radius 3 is 0.944 bits per heavy atom. The molecule has 0 bridgehead atoms. The predicted octanol–water partition coefficient (Wildman–Crippen LogP) is -0.463. The highest BCUT2D eigenvalue weighted by Gasteiger charge is 2.07. The lowest BCUT2D eigenvalue weighted by Crippen LogP contribution is -2.27. The molecule has 3 N–H and O–H groups in total. The van der Waals surface area contributed by atoms with Gasteiger partial charge in [-0.05, 0) is 0 Å². The molecule has 0 atom stereocenters. The molecule has 1 aromatic rings. The molecule has 102 valence electrons. The van der Waals surface area contributed by atoms with Crippen molar-refractivity contribution in [1.82, 2.24) is 30.0 Å². The first-order chi connectivity index (χ1) is 8.36. The summed E-state index contributed by atoms with van der Waals surface area (Å²) in [5, 5.41) is 5.27. The van der Waals surface area contributed by atoms with Crippen molar-refractivity contribution in [2.75, 3.05) is 58.6 Å². The van der Waals surface area contributed by atoms with E-state index in [0.717, 1.165) is 0 Å². The highest BCUT2D eigenvalue weighted by atomic mass is 15.6. The highest BCUT2D eigenvalue weighted by molar-refractivity contribution is 5.40. The van der Waals surface area contributed by atoms with Crippen molar-refractivity contribution in [3.05, 3.63) is 0 Å². The van der Waals surface area contributed by atoms with E-state index in [4.69, 9.17) is 0 Å². The number of hydrogen-bond donors (Lipinski definition) is 3. The summed E-state index contributed by atoms with van der Waals surface area (Å²) >= 11 is 0. The van der Waals surface area contributed by atoms with E-state index in [2.05, 4.69) is 31.2 Å². The Kier molecular flexibility index (Phi) is 5.01. The van der Waals surface area contributed by atoms with Crippen LogP contribution in [0.5, 0.6) is 0 Å². The molecule has 0 amide bonds. The third-order valence-electron chi connectivity index (χ3n) is 1.61. The van der Waals surface area contributed by atoms with E-state index in [-0.39, 0.29) is 0 Å². The zero-order valence-corrected chi connectivity index (χ0v) is 11.7. The maximum Gasteiger partial charge on any atom is 0.244 e. The fourth-order valence-corrected chi connectivity index (χ4v) is 1.13. The van der Waals surface area contributed by atoms with Crippen LogP contribution in [-0.2, 0) is 0 Å². The van der Waals surface area contributed by atoms with Crippen molar-refractivity contribution < 1.29 is 0 Å². The lowest BCUT2D eigenvalue weighted by molar-refractivity contribution is 0.473. The highest BCUT2D eigenvalue weighted by Crippen LogP contribution is 2.09. The second-order valence-corrected chi connectivity index (χ2v) is 4.32. The summed E-state index contributed by atoms with van der Waals surface area (Å²) in [6.45, 7) is 0.